The standard InChI is InChI=1S/C11H11ClFNO2/c12-7-2-1-3-9(10(7)13)14-8-5-4-6(8)11(15)16/h1-3,6,8,14H,4-5H2,(H,15,16). The number of hydrogen-bond donors (Lipinski definition) is 2. The number of carboxylic acids is 1. The second-order valence-corrected chi connectivity index (χ2v) is 4.28. The van der Waals surface area contributed by atoms with Crippen LogP contribution in [-0.2, 0) is 4.79 Å². The fraction of sp³-hybridized carbons (Fsp3) is 0.364. The third kappa shape index (κ3) is 1.97. The van der Waals surface area contributed by atoms with E-state index >= 15 is 0 Å². The SMILES string of the molecule is O=C(O)C1CCC1Nc1cccc(Cl)c1F. The zero-order valence-corrected chi connectivity index (χ0v) is 9.17. The first kappa shape index (κ1) is 11.2. The molecule has 0 amide bonds. The molecule has 16 heavy (non-hydrogen) atoms. The molecule has 1 fully saturated rings. The van der Waals surface area contributed by atoms with Crippen molar-refractivity contribution in [3.05, 3.63) is 29.0 Å². The molecule has 1 aliphatic carbocycles. The van der Waals surface area contributed by atoms with Gasteiger partial charge in [0.25, 0.3) is 0 Å². The van der Waals surface area contributed by atoms with E-state index < -0.39 is 17.7 Å². The first-order valence-electron chi connectivity index (χ1n) is 5.03. The van der Waals surface area contributed by atoms with Crippen molar-refractivity contribution in [1.82, 2.24) is 0 Å². The molecule has 0 bridgehead atoms. The molecule has 2 N–H and O–H groups in total. The van der Waals surface area contributed by atoms with Crippen LogP contribution in [0, 0.1) is 11.7 Å². The van der Waals surface area contributed by atoms with E-state index in [1.807, 2.05) is 0 Å². The molecule has 1 aromatic rings. The van der Waals surface area contributed by atoms with Gasteiger partial charge in [-0.05, 0) is 25.0 Å². The molecular formula is C11H11ClFNO2. The summed E-state index contributed by atoms with van der Waals surface area (Å²) >= 11 is 5.63. The number of nitrogens with one attached hydrogen (secondary N) is 1. The fourth-order valence-corrected chi connectivity index (χ4v) is 1.96. The first-order valence-corrected chi connectivity index (χ1v) is 5.40. The van der Waals surface area contributed by atoms with Gasteiger partial charge in [-0.2, -0.15) is 0 Å². The van der Waals surface area contributed by atoms with Crippen molar-refractivity contribution in [3.8, 4) is 0 Å². The van der Waals surface area contributed by atoms with E-state index in [9.17, 15) is 9.18 Å². The Hall–Kier alpha value is -1.29. The average molecular weight is 244 g/mol. The Kier molecular flexibility index (Phi) is 3.01. The van der Waals surface area contributed by atoms with E-state index in [4.69, 9.17) is 16.7 Å². The van der Waals surface area contributed by atoms with Crippen LogP contribution in [0.2, 0.25) is 5.02 Å². The van der Waals surface area contributed by atoms with Crippen LogP contribution < -0.4 is 5.32 Å². The Bertz CT molecular complexity index is 424. The maximum absolute atomic E-state index is 13.5. The van der Waals surface area contributed by atoms with Crippen LogP contribution in [0.4, 0.5) is 10.1 Å². The molecule has 0 saturated heterocycles. The highest BCUT2D eigenvalue weighted by atomic mass is 35.5. The molecule has 0 heterocycles. The second kappa shape index (κ2) is 4.29. The lowest BCUT2D eigenvalue weighted by molar-refractivity contribution is -0.144. The minimum Gasteiger partial charge on any atom is -0.481 e. The van der Waals surface area contributed by atoms with E-state index in [1.54, 1.807) is 12.1 Å². The smallest absolute Gasteiger partial charge is 0.308 e. The van der Waals surface area contributed by atoms with Crippen molar-refractivity contribution in [3.63, 3.8) is 0 Å². The molecule has 1 saturated carbocycles. The van der Waals surface area contributed by atoms with Gasteiger partial charge in [-0.3, -0.25) is 4.79 Å². The van der Waals surface area contributed by atoms with Crippen LogP contribution in [0.1, 0.15) is 12.8 Å². The largest absolute Gasteiger partial charge is 0.481 e. The second-order valence-electron chi connectivity index (χ2n) is 3.87. The van der Waals surface area contributed by atoms with Gasteiger partial charge in [0, 0.05) is 6.04 Å². The highest BCUT2D eigenvalue weighted by Crippen LogP contribution is 2.32. The van der Waals surface area contributed by atoms with E-state index in [-0.39, 0.29) is 16.8 Å². The predicted octanol–water partition coefficient (Wildman–Crippen LogP) is 2.75. The van der Waals surface area contributed by atoms with Crippen molar-refractivity contribution < 1.29 is 14.3 Å². The fourth-order valence-electron chi connectivity index (χ4n) is 1.78. The summed E-state index contributed by atoms with van der Waals surface area (Å²) in [6.07, 6.45) is 1.37. The Morgan fingerprint density at radius 3 is 2.81 bits per heavy atom. The van der Waals surface area contributed by atoms with Crippen LogP contribution in [0.15, 0.2) is 18.2 Å². The lowest BCUT2D eigenvalue weighted by Gasteiger charge is -2.34. The van der Waals surface area contributed by atoms with E-state index in [1.165, 1.54) is 6.07 Å². The van der Waals surface area contributed by atoms with Crippen LogP contribution >= 0.6 is 11.6 Å². The van der Waals surface area contributed by atoms with Gasteiger partial charge in [-0.15, -0.1) is 0 Å². The molecule has 1 aliphatic rings. The van der Waals surface area contributed by atoms with Gasteiger partial charge >= 0.3 is 5.97 Å². The van der Waals surface area contributed by atoms with E-state index in [2.05, 4.69) is 5.32 Å². The molecule has 0 aliphatic heterocycles. The third-order valence-corrected chi connectivity index (χ3v) is 3.18. The maximum Gasteiger partial charge on any atom is 0.308 e. The van der Waals surface area contributed by atoms with Gasteiger partial charge in [0.2, 0.25) is 0 Å². The summed E-state index contributed by atoms with van der Waals surface area (Å²) in [7, 11) is 0. The number of benzene rings is 1. The first-order chi connectivity index (χ1) is 7.59. The number of carbonyl (C=O) groups is 1. The summed E-state index contributed by atoms with van der Waals surface area (Å²) in [5, 5.41) is 11.8. The summed E-state index contributed by atoms with van der Waals surface area (Å²) in [5.41, 5.74) is 0.267. The zero-order valence-electron chi connectivity index (χ0n) is 8.41. The van der Waals surface area contributed by atoms with Crippen LogP contribution in [0.25, 0.3) is 0 Å². The van der Waals surface area contributed by atoms with Gasteiger partial charge < -0.3 is 10.4 Å². The molecular weight excluding hydrogens is 233 g/mol. The van der Waals surface area contributed by atoms with Crippen LogP contribution in [0.3, 0.4) is 0 Å². The molecule has 0 spiro atoms. The highest BCUT2D eigenvalue weighted by Gasteiger charge is 2.36. The molecule has 0 aromatic heterocycles. The van der Waals surface area contributed by atoms with Gasteiger partial charge in [-0.25, -0.2) is 4.39 Å². The molecule has 0 radical (unpaired) electrons. The summed E-state index contributed by atoms with van der Waals surface area (Å²) < 4.78 is 13.5. The predicted molar refractivity (Wildman–Crippen MR) is 59.2 cm³/mol. The van der Waals surface area contributed by atoms with Gasteiger partial charge in [0.05, 0.1) is 16.6 Å². The highest BCUT2D eigenvalue weighted by molar-refractivity contribution is 6.31. The maximum atomic E-state index is 13.5. The van der Waals surface area contributed by atoms with Crippen LogP contribution in [0.5, 0.6) is 0 Å². The number of anilines is 1. The van der Waals surface area contributed by atoms with Gasteiger partial charge in [-0.1, -0.05) is 17.7 Å². The summed E-state index contributed by atoms with van der Waals surface area (Å²) in [5.74, 6) is -1.80. The molecule has 1 aromatic carbocycles. The molecule has 2 atom stereocenters. The molecule has 3 nitrogen and oxygen atoms in total. The zero-order chi connectivity index (χ0) is 11.7. The number of aliphatic carboxylic acids is 1. The minimum atomic E-state index is -0.841. The molecule has 2 unspecified atom stereocenters. The monoisotopic (exact) mass is 243 g/mol. The Balaban J connectivity index is 2.10. The quantitative estimate of drug-likeness (QED) is 0.858. The molecule has 86 valence electrons. The molecule has 5 heteroatoms. The van der Waals surface area contributed by atoms with E-state index in [0.29, 0.717) is 6.42 Å². The Morgan fingerprint density at radius 2 is 2.25 bits per heavy atom. The van der Waals surface area contributed by atoms with Gasteiger partial charge in [0.15, 0.2) is 5.82 Å². The van der Waals surface area contributed by atoms with Crippen molar-refractivity contribution in [2.75, 3.05) is 5.32 Å². The topological polar surface area (TPSA) is 49.3 Å². The third-order valence-electron chi connectivity index (χ3n) is 2.88. The van der Waals surface area contributed by atoms with Crippen molar-refractivity contribution in [2.45, 2.75) is 18.9 Å². The van der Waals surface area contributed by atoms with Crippen molar-refractivity contribution in [2.24, 2.45) is 5.92 Å². The Labute approximate surface area is 97.2 Å². The summed E-state index contributed by atoms with van der Waals surface area (Å²) in [6, 6.07) is 4.43. The number of halogens is 2. The average Bonchev–Trinajstić information content (AvgIpc) is 2.17. The number of hydrogen-bond acceptors (Lipinski definition) is 2. The van der Waals surface area contributed by atoms with Crippen LogP contribution in [-0.4, -0.2) is 17.1 Å². The summed E-state index contributed by atoms with van der Waals surface area (Å²) in [6.45, 7) is 0. The normalized spacial score (nSPS) is 23.6. The van der Waals surface area contributed by atoms with Gasteiger partial charge in [0.1, 0.15) is 0 Å². The molecule has 2 rings (SSSR count). The number of rotatable bonds is 3. The van der Waals surface area contributed by atoms with E-state index in [0.717, 1.165) is 6.42 Å². The lowest BCUT2D eigenvalue weighted by Crippen LogP contribution is -2.43. The summed E-state index contributed by atoms with van der Waals surface area (Å²) in [4.78, 5) is 10.8. The lowest BCUT2D eigenvalue weighted by atomic mass is 9.79. The Morgan fingerprint density at radius 1 is 1.50 bits per heavy atom. The number of carboxylic acid groups (broad SMARTS) is 1. The van der Waals surface area contributed by atoms with Crippen molar-refractivity contribution in [1.29, 1.82) is 0 Å². The van der Waals surface area contributed by atoms with Crippen molar-refractivity contribution >= 4 is 23.3 Å². The minimum absolute atomic E-state index is 0.0381.